The van der Waals surface area contributed by atoms with Gasteiger partial charge in [0.25, 0.3) is 5.91 Å². The van der Waals surface area contributed by atoms with Crippen LogP contribution in [0.4, 0.5) is 0 Å². The molecular formula is C14H18N2O. The molecule has 1 heterocycles. The van der Waals surface area contributed by atoms with Crippen LogP contribution in [-0.4, -0.2) is 17.4 Å². The van der Waals surface area contributed by atoms with Crippen molar-refractivity contribution in [3.63, 3.8) is 0 Å². The van der Waals surface area contributed by atoms with Gasteiger partial charge in [-0.15, -0.1) is 0 Å². The lowest BCUT2D eigenvalue weighted by atomic mass is 10.2. The van der Waals surface area contributed by atoms with Crippen LogP contribution in [-0.2, 0) is 0 Å². The summed E-state index contributed by atoms with van der Waals surface area (Å²) in [4.78, 5) is 15.5. The third-order valence-corrected chi connectivity index (χ3v) is 2.21. The maximum atomic E-state index is 11.6. The van der Waals surface area contributed by atoms with Gasteiger partial charge in [0.2, 0.25) is 0 Å². The van der Waals surface area contributed by atoms with E-state index in [0.29, 0.717) is 12.1 Å². The average Bonchev–Trinajstić information content (AvgIpc) is 2.36. The summed E-state index contributed by atoms with van der Waals surface area (Å²) < 4.78 is 0. The highest BCUT2D eigenvalue weighted by atomic mass is 16.1. The summed E-state index contributed by atoms with van der Waals surface area (Å²) in [5, 5.41) is 2.80. The van der Waals surface area contributed by atoms with Crippen LogP contribution in [0.1, 0.15) is 30.6 Å². The van der Waals surface area contributed by atoms with Crippen molar-refractivity contribution < 1.29 is 4.79 Å². The van der Waals surface area contributed by atoms with E-state index in [2.05, 4.69) is 23.3 Å². The topological polar surface area (TPSA) is 42.0 Å². The van der Waals surface area contributed by atoms with Crippen molar-refractivity contribution in [2.45, 2.75) is 20.3 Å². The third-order valence-electron chi connectivity index (χ3n) is 2.21. The van der Waals surface area contributed by atoms with Crippen molar-refractivity contribution in [2.75, 3.05) is 6.54 Å². The lowest BCUT2D eigenvalue weighted by Crippen LogP contribution is -2.23. The Bertz CT molecular complexity index is 407. The molecule has 17 heavy (non-hydrogen) atoms. The molecule has 0 aromatic carbocycles. The fraction of sp³-hybridized carbons (Fsp3) is 0.286. The molecule has 1 amide bonds. The van der Waals surface area contributed by atoms with Crippen LogP contribution in [0.5, 0.6) is 0 Å². The van der Waals surface area contributed by atoms with E-state index in [1.54, 1.807) is 24.5 Å². The number of hydrogen-bond acceptors (Lipinski definition) is 2. The van der Waals surface area contributed by atoms with Gasteiger partial charge >= 0.3 is 0 Å². The molecule has 90 valence electrons. The minimum absolute atomic E-state index is 0.0973. The second-order valence-electron chi connectivity index (χ2n) is 3.71. The first-order valence-electron chi connectivity index (χ1n) is 5.75. The zero-order valence-electron chi connectivity index (χ0n) is 10.3. The Morgan fingerprint density at radius 2 is 2.35 bits per heavy atom. The molecule has 0 saturated carbocycles. The number of rotatable bonds is 5. The average molecular weight is 230 g/mol. The van der Waals surface area contributed by atoms with E-state index in [-0.39, 0.29) is 5.91 Å². The number of nitrogens with zero attached hydrogens (tertiary/aromatic N) is 1. The highest BCUT2D eigenvalue weighted by Gasteiger charge is 2.01. The Morgan fingerprint density at radius 3 is 3.00 bits per heavy atom. The summed E-state index contributed by atoms with van der Waals surface area (Å²) in [6, 6.07) is 3.49. The maximum Gasteiger partial charge on any atom is 0.253 e. The van der Waals surface area contributed by atoms with Gasteiger partial charge in [0, 0.05) is 18.9 Å². The molecular weight excluding hydrogens is 212 g/mol. The van der Waals surface area contributed by atoms with Crippen molar-refractivity contribution in [3.05, 3.63) is 53.9 Å². The molecule has 0 unspecified atom stereocenters. The molecule has 1 rings (SSSR count). The quantitative estimate of drug-likeness (QED) is 0.790. The van der Waals surface area contributed by atoms with Gasteiger partial charge in [-0.3, -0.25) is 9.78 Å². The minimum Gasteiger partial charge on any atom is -0.349 e. The number of pyridine rings is 1. The largest absolute Gasteiger partial charge is 0.349 e. The van der Waals surface area contributed by atoms with E-state index in [0.717, 1.165) is 6.42 Å². The Morgan fingerprint density at radius 1 is 1.53 bits per heavy atom. The first-order chi connectivity index (χ1) is 8.24. The van der Waals surface area contributed by atoms with Crippen LogP contribution in [0.3, 0.4) is 0 Å². The molecule has 3 heteroatoms. The normalized spacial score (nSPS) is 11.8. The molecule has 3 nitrogen and oxygen atoms in total. The smallest absolute Gasteiger partial charge is 0.253 e. The summed E-state index contributed by atoms with van der Waals surface area (Å²) in [5.41, 5.74) is 1.80. The van der Waals surface area contributed by atoms with E-state index >= 15 is 0 Å². The highest BCUT2D eigenvalue weighted by Crippen LogP contribution is 1.97. The third kappa shape index (κ3) is 5.11. The summed E-state index contributed by atoms with van der Waals surface area (Å²) in [5.74, 6) is -0.0973. The second-order valence-corrected chi connectivity index (χ2v) is 3.71. The Labute approximate surface area is 102 Å². The fourth-order valence-corrected chi connectivity index (χ4v) is 1.39. The number of hydrogen-bond donors (Lipinski definition) is 1. The Balaban J connectivity index is 2.37. The van der Waals surface area contributed by atoms with Gasteiger partial charge in [0.1, 0.15) is 0 Å². The van der Waals surface area contributed by atoms with Crippen molar-refractivity contribution in [3.8, 4) is 0 Å². The predicted molar refractivity (Wildman–Crippen MR) is 69.8 cm³/mol. The molecule has 0 bridgehead atoms. The zero-order chi connectivity index (χ0) is 12.5. The molecule has 1 aromatic rings. The van der Waals surface area contributed by atoms with E-state index in [4.69, 9.17) is 0 Å². The van der Waals surface area contributed by atoms with Gasteiger partial charge in [-0.1, -0.05) is 30.7 Å². The van der Waals surface area contributed by atoms with E-state index in [9.17, 15) is 4.79 Å². The molecule has 0 aliphatic heterocycles. The standard InChI is InChI=1S/C14H18N2O/c1-3-6-12(2)7-4-10-16-14(17)13-8-5-9-15-11-13/h4-9,11H,3,10H2,1-2H3,(H,16,17)/b7-4+,12-6+. The van der Waals surface area contributed by atoms with Crippen LogP contribution in [0.25, 0.3) is 0 Å². The molecule has 0 aliphatic rings. The molecule has 0 fully saturated rings. The van der Waals surface area contributed by atoms with E-state index in [1.807, 2.05) is 19.1 Å². The maximum absolute atomic E-state index is 11.6. The lowest BCUT2D eigenvalue weighted by Gasteiger charge is -2.01. The number of carbonyl (C=O) groups is 1. The van der Waals surface area contributed by atoms with Crippen LogP contribution >= 0.6 is 0 Å². The first-order valence-corrected chi connectivity index (χ1v) is 5.75. The number of amides is 1. The molecule has 1 N–H and O–H groups in total. The number of carbonyl (C=O) groups excluding carboxylic acids is 1. The van der Waals surface area contributed by atoms with Crippen molar-refractivity contribution in [1.29, 1.82) is 0 Å². The van der Waals surface area contributed by atoms with Crippen LogP contribution < -0.4 is 5.32 Å². The summed E-state index contributed by atoms with van der Waals surface area (Å²) in [6.07, 6.45) is 10.3. The SMILES string of the molecule is CC/C=C(C)/C=C/CNC(=O)c1cccnc1. The summed E-state index contributed by atoms with van der Waals surface area (Å²) in [7, 11) is 0. The van der Waals surface area contributed by atoms with Gasteiger partial charge in [0.05, 0.1) is 5.56 Å². The van der Waals surface area contributed by atoms with Crippen molar-refractivity contribution in [1.82, 2.24) is 10.3 Å². The summed E-state index contributed by atoms with van der Waals surface area (Å²) >= 11 is 0. The number of aromatic nitrogens is 1. The fourth-order valence-electron chi connectivity index (χ4n) is 1.39. The second kappa shape index (κ2) is 7.39. The molecule has 0 radical (unpaired) electrons. The van der Waals surface area contributed by atoms with Gasteiger partial charge in [-0.2, -0.15) is 0 Å². The molecule has 0 spiro atoms. The van der Waals surface area contributed by atoms with E-state index in [1.165, 1.54) is 5.57 Å². The number of allylic oxidation sites excluding steroid dienone is 3. The van der Waals surface area contributed by atoms with Crippen molar-refractivity contribution in [2.24, 2.45) is 0 Å². The van der Waals surface area contributed by atoms with Crippen molar-refractivity contribution >= 4 is 5.91 Å². The monoisotopic (exact) mass is 230 g/mol. The Kier molecular flexibility index (Phi) is 5.72. The lowest BCUT2D eigenvalue weighted by molar-refractivity contribution is 0.0957. The molecule has 0 saturated heterocycles. The molecule has 1 aromatic heterocycles. The first kappa shape index (κ1) is 13.2. The van der Waals surface area contributed by atoms with Gasteiger partial charge in [0.15, 0.2) is 0 Å². The number of nitrogens with one attached hydrogen (secondary N) is 1. The molecule has 0 aliphatic carbocycles. The van der Waals surface area contributed by atoms with E-state index < -0.39 is 0 Å². The van der Waals surface area contributed by atoms with Gasteiger partial charge in [-0.25, -0.2) is 0 Å². The predicted octanol–water partition coefficient (Wildman–Crippen LogP) is 2.72. The summed E-state index contributed by atoms with van der Waals surface area (Å²) in [6.45, 7) is 4.67. The van der Waals surface area contributed by atoms with Crippen LogP contribution in [0, 0.1) is 0 Å². The zero-order valence-corrected chi connectivity index (χ0v) is 10.3. The van der Waals surface area contributed by atoms with Gasteiger partial charge in [-0.05, 0) is 25.5 Å². The van der Waals surface area contributed by atoms with Crippen LogP contribution in [0.15, 0.2) is 48.3 Å². The van der Waals surface area contributed by atoms with Gasteiger partial charge < -0.3 is 5.32 Å². The molecule has 0 atom stereocenters. The highest BCUT2D eigenvalue weighted by molar-refractivity contribution is 5.93. The van der Waals surface area contributed by atoms with Crippen LogP contribution in [0.2, 0.25) is 0 Å². The Hall–Kier alpha value is -1.90. The minimum atomic E-state index is -0.0973.